The van der Waals surface area contributed by atoms with E-state index in [2.05, 4.69) is 11.9 Å². The van der Waals surface area contributed by atoms with Crippen molar-refractivity contribution in [3.8, 4) is 11.1 Å². The number of halogens is 3. The molecule has 1 atom stereocenters. The quantitative estimate of drug-likeness (QED) is 0.248. The second-order valence-electron chi connectivity index (χ2n) is 11.3. The molecule has 8 heteroatoms. The lowest BCUT2D eigenvalue weighted by atomic mass is 9.92. The molecule has 0 saturated carbocycles. The van der Waals surface area contributed by atoms with Crippen molar-refractivity contribution in [2.75, 3.05) is 43.9 Å². The molecule has 0 bridgehead atoms. The van der Waals surface area contributed by atoms with Crippen molar-refractivity contribution in [2.24, 2.45) is 11.7 Å². The molecule has 1 aliphatic heterocycles. The Morgan fingerprint density at radius 2 is 1.84 bits per heavy atom. The van der Waals surface area contributed by atoms with Crippen LogP contribution < -0.4 is 16.0 Å². The van der Waals surface area contributed by atoms with E-state index in [-0.39, 0.29) is 17.2 Å². The third-order valence-corrected chi connectivity index (χ3v) is 8.42. The van der Waals surface area contributed by atoms with Gasteiger partial charge in [-0.1, -0.05) is 66.4 Å². The maximum atomic E-state index is 15.1. The molecule has 3 N–H and O–H groups in total. The third-order valence-electron chi connectivity index (χ3n) is 7.43. The first-order valence-corrected chi connectivity index (χ1v) is 15.5. The van der Waals surface area contributed by atoms with Gasteiger partial charge in [-0.15, -0.1) is 0 Å². The van der Waals surface area contributed by atoms with E-state index in [9.17, 15) is 0 Å². The van der Waals surface area contributed by atoms with Gasteiger partial charge in [0.2, 0.25) is 0 Å². The van der Waals surface area contributed by atoms with Gasteiger partial charge in [-0.3, -0.25) is 0 Å². The zero-order chi connectivity index (χ0) is 31.7. The number of piperidine rings is 1. The van der Waals surface area contributed by atoms with Crippen LogP contribution in [0.2, 0.25) is 0 Å². The number of nitrogens with two attached hydrogens (primary N) is 1. The van der Waals surface area contributed by atoms with Crippen molar-refractivity contribution in [1.29, 1.82) is 0 Å². The molecule has 4 nitrogen and oxygen atoms in total. The van der Waals surface area contributed by atoms with Crippen LogP contribution in [-0.2, 0) is 6.18 Å². The predicted octanol–water partition coefficient (Wildman–Crippen LogP) is 9.43. The highest BCUT2D eigenvalue weighted by molar-refractivity contribution is 8.06. The van der Waals surface area contributed by atoms with Crippen molar-refractivity contribution in [3.63, 3.8) is 0 Å². The van der Waals surface area contributed by atoms with E-state index in [0.717, 1.165) is 40.2 Å². The fourth-order valence-electron chi connectivity index (χ4n) is 5.24. The van der Waals surface area contributed by atoms with Crippen molar-refractivity contribution in [2.45, 2.75) is 46.7 Å². The number of thioether (sulfide) groups is 1. The Hall–Kier alpha value is -3.36. The van der Waals surface area contributed by atoms with E-state index in [4.69, 9.17) is 5.73 Å². The van der Waals surface area contributed by atoms with Crippen LogP contribution in [0, 0.1) is 5.92 Å². The summed E-state index contributed by atoms with van der Waals surface area (Å²) in [5.41, 5.74) is 10.4. The first-order valence-electron chi connectivity index (χ1n) is 14.6. The standard InChI is InChI=1S/C35H45F3N4S/c1-8-28(18-20-41(6)7)26(5)43-23-25(4)33(24(2)3)40-31-17-16-30(29-14-10-9-11-15-29)32(35(36,37)38)34(31)42-19-12-13-27(21-39)22-42/h8-11,14-18,20,23,27,40H,5,12-13,19,21-22,39H2,1-4,6-7H3/b20-18-,25-23+,28-8+/t27-/m0/s1. The molecule has 0 amide bonds. The van der Waals surface area contributed by atoms with Crippen molar-refractivity contribution in [1.82, 2.24) is 4.90 Å². The van der Waals surface area contributed by atoms with Crippen LogP contribution in [0.4, 0.5) is 24.5 Å². The lowest BCUT2D eigenvalue weighted by Gasteiger charge is -2.37. The van der Waals surface area contributed by atoms with Crippen LogP contribution in [-0.4, -0.2) is 38.6 Å². The first kappa shape index (κ1) is 34.1. The molecule has 0 spiro atoms. The van der Waals surface area contributed by atoms with E-state index in [1.165, 1.54) is 11.8 Å². The minimum Gasteiger partial charge on any atom is -0.383 e. The summed E-state index contributed by atoms with van der Waals surface area (Å²) in [5, 5.41) is 5.43. The fourth-order valence-corrected chi connectivity index (χ4v) is 6.00. The number of alkyl halides is 3. The Morgan fingerprint density at radius 1 is 1.14 bits per heavy atom. The number of rotatable bonds is 11. The molecule has 1 aliphatic rings. The molecule has 2 aromatic rings. The SMILES string of the molecule is C=C(S/C=C(\C)C(Nc1ccc(-c2ccccc2)c(C(F)(F)F)c1N1CCC[C@@H](CN)C1)=C(C)C)C(/C=C\N(C)C)=C/C. The average molecular weight is 611 g/mol. The Kier molecular flexibility index (Phi) is 12.2. The molecule has 3 rings (SSSR count). The number of hydrogen-bond acceptors (Lipinski definition) is 5. The van der Waals surface area contributed by atoms with Gasteiger partial charge in [0.1, 0.15) is 0 Å². The normalized spacial score (nSPS) is 16.4. The van der Waals surface area contributed by atoms with Crippen LogP contribution in [0.3, 0.4) is 0 Å². The zero-order valence-electron chi connectivity index (χ0n) is 26.2. The highest BCUT2D eigenvalue weighted by Crippen LogP contribution is 2.48. The summed E-state index contributed by atoms with van der Waals surface area (Å²) >= 11 is 1.49. The van der Waals surface area contributed by atoms with Gasteiger partial charge in [0.15, 0.2) is 0 Å². The molecule has 0 unspecified atom stereocenters. The molecule has 1 saturated heterocycles. The summed E-state index contributed by atoms with van der Waals surface area (Å²) < 4.78 is 45.2. The third kappa shape index (κ3) is 9.07. The zero-order valence-corrected chi connectivity index (χ0v) is 27.0. The summed E-state index contributed by atoms with van der Waals surface area (Å²) in [6.07, 6.45) is 3.11. The number of benzene rings is 2. The molecular weight excluding hydrogens is 565 g/mol. The molecule has 43 heavy (non-hydrogen) atoms. The first-order chi connectivity index (χ1) is 20.4. The number of hydrogen-bond donors (Lipinski definition) is 2. The second kappa shape index (κ2) is 15.4. The van der Waals surface area contributed by atoms with E-state index >= 15 is 13.2 Å². The van der Waals surface area contributed by atoms with Gasteiger partial charge in [-0.25, -0.2) is 0 Å². The van der Waals surface area contributed by atoms with Gasteiger partial charge >= 0.3 is 6.18 Å². The van der Waals surface area contributed by atoms with E-state index < -0.39 is 11.7 Å². The van der Waals surface area contributed by atoms with Crippen molar-refractivity contribution < 1.29 is 13.2 Å². The molecule has 232 valence electrons. The lowest BCUT2D eigenvalue weighted by molar-refractivity contribution is -0.136. The molecule has 2 aromatic carbocycles. The molecule has 1 fully saturated rings. The number of allylic oxidation sites excluding steroid dienone is 5. The van der Waals surface area contributed by atoms with Crippen LogP contribution in [0.15, 0.2) is 100 Å². The highest BCUT2D eigenvalue weighted by atomic mass is 32.2. The lowest BCUT2D eigenvalue weighted by Crippen LogP contribution is -2.39. The van der Waals surface area contributed by atoms with Crippen molar-refractivity contribution in [3.05, 3.63) is 106 Å². The average Bonchev–Trinajstić information content (AvgIpc) is 2.98. The highest BCUT2D eigenvalue weighted by Gasteiger charge is 2.40. The number of anilines is 2. The minimum atomic E-state index is -4.57. The van der Waals surface area contributed by atoms with Crippen LogP contribution in [0.5, 0.6) is 0 Å². The Balaban J connectivity index is 2.10. The number of nitrogens with one attached hydrogen (secondary N) is 1. The monoisotopic (exact) mass is 610 g/mol. The van der Waals surface area contributed by atoms with E-state index in [1.54, 1.807) is 36.4 Å². The molecule has 0 radical (unpaired) electrons. The van der Waals surface area contributed by atoms with Gasteiger partial charge in [0, 0.05) is 37.8 Å². The molecular formula is C35H45F3N4S. The molecule has 0 aliphatic carbocycles. The van der Waals surface area contributed by atoms with Gasteiger partial charge in [0.25, 0.3) is 0 Å². The van der Waals surface area contributed by atoms with Crippen LogP contribution in [0.25, 0.3) is 11.1 Å². The van der Waals surface area contributed by atoms with Gasteiger partial charge in [-0.2, -0.15) is 13.2 Å². The number of nitrogens with zero attached hydrogens (tertiary/aromatic N) is 2. The van der Waals surface area contributed by atoms with E-state index in [1.807, 2.05) is 81.4 Å². The summed E-state index contributed by atoms with van der Waals surface area (Å²) in [6.45, 7) is 13.6. The predicted molar refractivity (Wildman–Crippen MR) is 180 cm³/mol. The summed E-state index contributed by atoms with van der Waals surface area (Å²) in [7, 11) is 3.92. The van der Waals surface area contributed by atoms with Gasteiger partial charge in [-0.05, 0) is 99.0 Å². The Morgan fingerprint density at radius 3 is 2.42 bits per heavy atom. The van der Waals surface area contributed by atoms with Crippen LogP contribution >= 0.6 is 11.8 Å². The summed E-state index contributed by atoms with van der Waals surface area (Å²) in [6, 6.07) is 12.2. The Bertz CT molecular complexity index is 1380. The van der Waals surface area contributed by atoms with Crippen molar-refractivity contribution >= 4 is 23.1 Å². The minimum absolute atomic E-state index is 0.136. The van der Waals surface area contributed by atoms with Gasteiger partial charge in [0.05, 0.1) is 16.9 Å². The topological polar surface area (TPSA) is 44.5 Å². The fraction of sp³-hybridized carbons (Fsp3) is 0.371. The molecule has 0 aromatic heterocycles. The Labute approximate surface area is 259 Å². The second-order valence-corrected chi connectivity index (χ2v) is 12.3. The smallest absolute Gasteiger partial charge is 0.383 e. The maximum Gasteiger partial charge on any atom is 0.419 e. The molecule has 1 heterocycles. The van der Waals surface area contributed by atoms with Crippen LogP contribution in [0.1, 0.15) is 46.1 Å². The maximum absolute atomic E-state index is 15.1. The van der Waals surface area contributed by atoms with E-state index in [0.29, 0.717) is 30.9 Å². The van der Waals surface area contributed by atoms with Gasteiger partial charge < -0.3 is 20.9 Å². The summed E-state index contributed by atoms with van der Waals surface area (Å²) in [5.74, 6) is 0.136. The summed E-state index contributed by atoms with van der Waals surface area (Å²) in [4.78, 5) is 4.72. The largest absolute Gasteiger partial charge is 0.419 e.